The first-order chi connectivity index (χ1) is 10.7. The normalized spacial score (nSPS) is 17.0. The van der Waals surface area contributed by atoms with Crippen LogP contribution in [-0.2, 0) is 20.7 Å². The maximum absolute atomic E-state index is 11.8. The number of benzene rings is 1. The number of carbonyl (C=O) groups is 1. The van der Waals surface area contributed by atoms with Gasteiger partial charge in [0.1, 0.15) is 18.5 Å². The summed E-state index contributed by atoms with van der Waals surface area (Å²) in [4.78, 5) is 26.0. The Labute approximate surface area is 132 Å². The lowest BCUT2D eigenvalue weighted by molar-refractivity contribution is 0.101. The zero-order valence-electron chi connectivity index (χ0n) is 12.6. The van der Waals surface area contributed by atoms with Crippen molar-refractivity contribution in [2.75, 3.05) is 12.9 Å². The summed E-state index contributed by atoms with van der Waals surface area (Å²) in [7, 11) is -3.55. The lowest BCUT2D eigenvalue weighted by Crippen LogP contribution is -2.22. The van der Waals surface area contributed by atoms with Gasteiger partial charge in [-0.15, -0.1) is 0 Å². The van der Waals surface area contributed by atoms with Crippen LogP contribution in [0.15, 0.2) is 23.0 Å². The van der Waals surface area contributed by atoms with Gasteiger partial charge in [0.05, 0.1) is 11.8 Å². The third-order valence-electron chi connectivity index (χ3n) is 3.62. The summed E-state index contributed by atoms with van der Waals surface area (Å²) >= 11 is 0. The molecule has 3 rings (SSSR count). The Bertz CT molecular complexity index is 960. The number of nitrogens with one attached hydrogen (secondary N) is 1. The fraction of sp³-hybridized carbons (Fsp3) is 0.333. The number of rotatable bonds is 4. The third-order valence-corrected chi connectivity index (χ3v) is 4.19. The fourth-order valence-corrected chi connectivity index (χ4v) is 3.07. The molecule has 1 aromatic heterocycles. The molecule has 0 radical (unpaired) electrons. The van der Waals surface area contributed by atoms with Crippen molar-refractivity contribution >= 4 is 26.8 Å². The van der Waals surface area contributed by atoms with Crippen molar-refractivity contribution in [2.45, 2.75) is 19.4 Å². The van der Waals surface area contributed by atoms with Crippen LogP contribution in [-0.4, -0.2) is 38.2 Å². The summed E-state index contributed by atoms with van der Waals surface area (Å²) in [6.45, 7) is 1.32. The van der Waals surface area contributed by atoms with E-state index in [-0.39, 0.29) is 17.9 Å². The van der Waals surface area contributed by atoms with Crippen molar-refractivity contribution in [3.05, 3.63) is 39.7 Å². The highest BCUT2D eigenvalue weighted by atomic mass is 32.2. The highest BCUT2D eigenvalue weighted by Crippen LogP contribution is 2.37. The number of hydrogen-bond donors (Lipinski definition) is 1. The number of aromatic amines is 1. The van der Waals surface area contributed by atoms with Gasteiger partial charge in [-0.2, -0.15) is 8.42 Å². The van der Waals surface area contributed by atoms with Gasteiger partial charge in [0.2, 0.25) is 5.56 Å². The maximum Gasteiger partial charge on any atom is 0.264 e. The number of carbonyl (C=O) groups excluding carboxylic acids is 1. The van der Waals surface area contributed by atoms with E-state index in [1.807, 2.05) is 0 Å². The van der Waals surface area contributed by atoms with Gasteiger partial charge in [0.25, 0.3) is 10.1 Å². The number of pyridine rings is 1. The maximum atomic E-state index is 11.8. The predicted octanol–water partition coefficient (Wildman–Crippen LogP) is 1.01. The molecule has 1 N–H and O–H groups in total. The molecule has 0 fully saturated rings. The van der Waals surface area contributed by atoms with Crippen LogP contribution < -0.4 is 10.3 Å². The van der Waals surface area contributed by atoms with Crippen molar-refractivity contribution in [2.24, 2.45) is 0 Å². The molecular weight excluding hydrogens is 322 g/mol. The number of hydrogen-bond acceptors (Lipinski definition) is 6. The standard InChI is InChI=1S/C15H15NO6S/c1-8(17)12-6-9-5-10(7-21-23(2,19)20)22-15(9)11-3-4-13(18)16-14(11)12/h3-4,6,10H,5,7H2,1-2H3,(H,16,18). The number of fused-ring (bicyclic) bond motifs is 3. The zero-order chi connectivity index (χ0) is 16.8. The summed E-state index contributed by atoms with van der Waals surface area (Å²) in [6, 6.07) is 4.63. The second-order valence-electron chi connectivity index (χ2n) is 5.51. The Morgan fingerprint density at radius 1 is 1.43 bits per heavy atom. The van der Waals surface area contributed by atoms with Crippen LogP contribution in [0.25, 0.3) is 10.9 Å². The molecule has 23 heavy (non-hydrogen) atoms. The van der Waals surface area contributed by atoms with E-state index in [0.29, 0.717) is 28.6 Å². The molecule has 1 aromatic carbocycles. The zero-order valence-corrected chi connectivity index (χ0v) is 13.4. The smallest absolute Gasteiger partial charge is 0.264 e. The lowest BCUT2D eigenvalue weighted by atomic mass is 10.00. The summed E-state index contributed by atoms with van der Waals surface area (Å²) in [6.07, 6.45) is 0.945. The van der Waals surface area contributed by atoms with Crippen molar-refractivity contribution in [1.29, 1.82) is 0 Å². The van der Waals surface area contributed by atoms with Crippen LogP contribution in [0.4, 0.5) is 0 Å². The van der Waals surface area contributed by atoms with Gasteiger partial charge >= 0.3 is 0 Å². The minimum atomic E-state index is -3.55. The Morgan fingerprint density at radius 2 is 2.17 bits per heavy atom. The second-order valence-corrected chi connectivity index (χ2v) is 7.16. The monoisotopic (exact) mass is 337 g/mol. The van der Waals surface area contributed by atoms with Crippen LogP contribution >= 0.6 is 0 Å². The first kappa shape index (κ1) is 15.7. The fourth-order valence-electron chi connectivity index (χ4n) is 2.68. The quantitative estimate of drug-likeness (QED) is 0.660. The van der Waals surface area contributed by atoms with E-state index in [1.165, 1.54) is 13.0 Å². The average molecular weight is 337 g/mol. The van der Waals surface area contributed by atoms with E-state index in [1.54, 1.807) is 12.1 Å². The molecule has 1 aliphatic heterocycles. The molecule has 2 aromatic rings. The first-order valence-corrected chi connectivity index (χ1v) is 8.77. The van der Waals surface area contributed by atoms with Gasteiger partial charge in [0.15, 0.2) is 5.78 Å². The molecule has 0 spiro atoms. The summed E-state index contributed by atoms with van der Waals surface area (Å²) < 4.78 is 32.7. The Hall–Kier alpha value is -2.19. The topological polar surface area (TPSA) is 103 Å². The van der Waals surface area contributed by atoms with Crippen LogP contribution in [0, 0.1) is 0 Å². The number of Topliss-reactive ketones (excluding diaryl/α,β-unsaturated/α-hetero) is 1. The number of ether oxygens (including phenoxy) is 1. The number of aromatic nitrogens is 1. The molecule has 1 atom stereocenters. The molecule has 0 aliphatic carbocycles. The van der Waals surface area contributed by atoms with Crippen LogP contribution in [0.5, 0.6) is 5.75 Å². The van der Waals surface area contributed by atoms with Crippen LogP contribution in [0.1, 0.15) is 22.8 Å². The Morgan fingerprint density at radius 3 is 2.83 bits per heavy atom. The average Bonchev–Trinajstić information content (AvgIpc) is 2.86. The SMILES string of the molecule is CC(=O)c1cc2c(c3ccc(=O)[nH]c13)OC(COS(C)(=O)=O)C2. The van der Waals surface area contributed by atoms with Crippen LogP contribution in [0.2, 0.25) is 0 Å². The molecule has 2 heterocycles. The molecule has 1 aliphatic rings. The number of ketones is 1. The largest absolute Gasteiger partial charge is 0.487 e. The summed E-state index contributed by atoms with van der Waals surface area (Å²) in [5, 5.41) is 0.620. The van der Waals surface area contributed by atoms with Gasteiger partial charge in [-0.1, -0.05) is 0 Å². The van der Waals surface area contributed by atoms with E-state index < -0.39 is 16.2 Å². The molecule has 0 bridgehead atoms. The summed E-state index contributed by atoms with van der Waals surface area (Å²) in [5.74, 6) is 0.374. The molecule has 7 nitrogen and oxygen atoms in total. The summed E-state index contributed by atoms with van der Waals surface area (Å²) in [5.41, 5.74) is 1.31. The van der Waals surface area contributed by atoms with Gasteiger partial charge < -0.3 is 9.72 Å². The van der Waals surface area contributed by atoms with Gasteiger partial charge in [-0.05, 0) is 24.6 Å². The predicted molar refractivity (Wildman–Crippen MR) is 83.5 cm³/mol. The molecular formula is C15H15NO6S. The molecule has 0 saturated carbocycles. The van der Waals surface area contributed by atoms with E-state index in [2.05, 4.69) is 4.98 Å². The van der Waals surface area contributed by atoms with Crippen molar-refractivity contribution in [3.8, 4) is 5.75 Å². The lowest BCUT2D eigenvalue weighted by Gasteiger charge is -2.11. The highest BCUT2D eigenvalue weighted by molar-refractivity contribution is 7.85. The molecule has 122 valence electrons. The minimum absolute atomic E-state index is 0.103. The van der Waals surface area contributed by atoms with Gasteiger partial charge in [0, 0.05) is 23.4 Å². The third kappa shape index (κ3) is 3.13. The van der Waals surface area contributed by atoms with Crippen LogP contribution in [0.3, 0.4) is 0 Å². The molecule has 0 amide bonds. The molecule has 8 heteroatoms. The van der Waals surface area contributed by atoms with E-state index in [4.69, 9.17) is 8.92 Å². The van der Waals surface area contributed by atoms with Gasteiger partial charge in [-0.3, -0.25) is 13.8 Å². The molecule has 1 unspecified atom stereocenters. The van der Waals surface area contributed by atoms with Crippen molar-refractivity contribution in [1.82, 2.24) is 4.98 Å². The van der Waals surface area contributed by atoms with E-state index in [9.17, 15) is 18.0 Å². The van der Waals surface area contributed by atoms with Crippen molar-refractivity contribution < 1.29 is 22.1 Å². The van der Waals surface area contributed by atoms with Crippen molar-refractivity contribution in [3.63, 3.8) is 0 Å². The highest BCUT2D eigenvalue weighted by Gasteiger charge is 2.28. The van der Waals surface area contributed by atoms with E-state index in [0.717, 1.165) is 11.8 Å². The Balaban J connectivity index is 2.04. The Kier molecular flexibility index (Phi) is 3.73. The first-order valence-electron chi connectivity index (χ1n) is 6.95. The van der Waals surface area contributed by atoms with E-state index >= 15 is 0 Å². The number of H-pyrrole nitrogens is 1. The minimum Gasteiger partial charge on any atom is -0.487 e. The van der Waals surface area contributed by atoms with Gasteiger partial charge in [-0.25, -0.2) is 0 Å². The second kappa shape index (κ2) is 5.47. The molecule has 0 saturated heterocycles.